The number of ether oxygens (including phenoxy) is 3. The molecule has 5 atom stereocenters. The lowest BCUT2D eigenvalue weighted by Gasteiger charge is -2.39. The zero-order valence-electron chi connectivity index (χ0n) is 15.9. The third-order valence-electron chi connectivity index (χ3n) is 5.50. The number of phenols is 1. The van der Waals surface area contributed by atoms with E-state index >= 15 is 0 Å². The summed E-state index contributed by atoms with van der Waals surface area (Å²) in [5.74, 6) is 1.17. The number of aromatic hydroxyl groups is 1. The van der Waals surface area contributed by atoms with Crippen molar-refractivity contribution >= 4 is 0 Å². The minimum Gasteiger partial charge on any atom is -0.508 e. The monoisotopic (exact) mass is 404 g/mol. The van der Waals surface area contributed by atoms with Crippen LogP contribution in [0, 0.1) is 0 Å². The van der Waals surface area contributed by atoms with Gasteiger partial charge in [-0.25, -0.2) is 0 Å². The molecule has 2 aromatic carbocycles. The quantitative estimate of drug-likeness (QED) is 0.494. The van der Waals surface area contributed by atoms with Crippen molar-refractivity contribution in [3.8, 4) is 28.4 Å². The van der Waals surface area contributed by atoms with E-state index in [9.17, 15) is 25.5 Å². The molecule has 1 aliphatic heterocycles. The molecule has 2 aromatic rings. The molecule has 0 aromatic heterocycles. The molecule has 29 heavy (non-hydrogen) atoms. The molecule has 0 radical (unpaired) electrons. The molecule has 5 unspecified atom stereocenters. The summed E-state index contributed by atoms with van der Waals surface area (Å²) < 4.78 is 16.6. The molecule has 4 rings (SSSR count). The summed E-state index contributed by atoms with van der Waals surface area (Å²) in [5, 5.41) is 49.2. The molecule has 8 nitrogen and oxygen atoms in total. The fraction of sp³-hybridized carbons (Fsp3) is 0.429. The van der Waals surface area contributed by atoms with E-state index in [0.29, 0.717) is 11.5 Å². The molecular formula is C21H24O8. The van der Waals surface area contributed by atoms with Crippen LogP contribution in [0.4, 0.5) is 0 Å². The molecule has 156 valence electrons. The average molecular weight is 404 g/mol. The van der Waals surface area contributed by atoms with Gasteiger partial charge in [0.2, 0.25) is 6.29 Å². The Balaban J connectivity index is 1.62. The second kappa shape index (κ2) is 7.81. The van der Waals surface area contributed by atoms with Crippen molar-refractivity contribution in [1.29, 1.82) is 0 Å². The van der Waals surface area contributed by atoms with E-state index in [1.54, 1.807) is 25.3 Å². The Kier molecular flexibility index (Phi) is 5.37. The van der Waals surface area contributed by atoms with Gasteiger partial charge in [-0.2, -0.15) is 0 Å². The number of benzene rings is 2. The van der Waals surface area contributed by atoms with Gasteiger partial charge in [-0.05, 0) is 47.7 Å². The SMILES string of the molecule is COc1cc(O)cc2c1-c1ccc(OC3OC(CO)C(O)C(O)C3O)cc1CC2. The molecule has 0 amide bonds. The zero-order chi connectivity index (χ0) is 20.7. The fourth-order valence-electron chi connectivity index (χ4n) is 3.98. The van der Waals surface area contributed by atoms with Crippen molar-refractivity contribution in [2.75, 3.05) is 13.7 Å². The van der Waals surface area contributed by atoms with Gasteiger partial charge in [0.25, 0.3) is 0 Å². The molecule has 1 aliphatic carbocycles. The molecule has 1 saturated heterocycles. The standard InChI is InChI=1S/C21H24O8/c1-27-15-8-12(23)6-11-3-2-10-7-13(4-5-14(10)17(11)15)28-21-20(26)19(25)18(24)16(9-22)29-21/h4-8,16,18-26H,2-3,9H2,1H3. The largest absolute Gasteiger partial charge is 0.508 e. The first kappa shape index (κ1) is 19.9. The van der Waals surface area contributed by atoms with Crippen LogP contribution in [0.5, 0.6) is 17.2 Å². The van der Waals surface area contributed by atoms with Crippen molar-refractivity contribution in [3.05, 3.63) is 41.5 Å². The van der Waals surface area contributed by atoms with Crippen LogP contribution in [-0.2, 0) is 17.6 Å². The Morgan fingerprint density at radius 1 is 1.00 bits per heavy atom. The lowest BCUT2D eigenvalue weighted by molar-refractivity contribution is -0.277. The minimum atomic E-state index is -1.49. The Labute approximate surface area is 167 Å². The lowest BCUT2D eigenvalue weighted by Crippen LogP contribution is -2.60. The summed E-state index contributed by atoms with van der Waals surface area (Å²) in [7, 11) is 1.56. The number of methoxy groups -OCH3 is 1. The van der Waals surface area contributed by atoms with E-state index in [1.807, 2.05) is 12.1 Å². The van der Waals surface area contributed by atoms with Crippen molar-refractivity contribution in [1.82, 2.24) is 0 Å². The molecule has 1 fully saturated rings. The van der Waals surface area contributed by atoms with Crippen LogP contribution in [-0.4, -0.2) is 70.0 Å². The summed E-state index contributed by atoms with van der Waals surface area (Å²) in [4.78, 5) is 0. The van der Waals surface area contributed by atoms with Gasteiger partial charge in [-0.15, -0.1) is 0 Å². The van der Waals surface area contributed by atoms with Crippen LogP contribution in [0.2, 0.25) is 0 Å². The first-order chi connectivity index (χ1) is 13.9. The maximum atomic E-state index is 10.2. The highest BCUT2D eigenvalue weighted by atomic mass is 16.7. The highest BCUT2D eigenvalue weighted by Crippen LogP contribution is 2.43. The maximum absolute atomic E-state index is 10.2. The van der Waals surface area contributed by atoms with Gasteiger partial charge in [0, 0.05) is 11.6 Å². The van der Waals surface area contributed by atoms with E-state index in [4.69, 9.17) is 14.2 Å². The van der Waals surface area contributed by atoms with Crippen LogP contribution < -0.4 is 9.47 Å². The van der Waals surface area contributed by atoms with Gasteiger partial charge in [-0.3, -0.25) is 0 Å². The Bertz CT molecular complexity index is 879. The number of aliphatic hydroxyl groups is 4. The van der Waals surface area contributed by atoms with Gasteiger partial charge >= 0.3 is 0 Å². The van der Waals surface area contributed by atoms with E-state index in [1.165, 1.54) is 0 Å². The Hall–Kier alpha value is -2.36. The average Bonchev–Trinajstić information content (AvgIpc) is 2.73. The highest BCUT2D eigenvalue weighted by molar-refractivity contribution is 5.80. The minimum absolute atomic E-state index is 0.159. The predicted octanol–water partition coefficient (Wildman–Crippen LogP) is 0.345. The lowest BCUT2D eigenvalue weighted by atomic mass is 9.85. The number of fused-ring (bicyclic) bond motifs is 3. The van der Waals surface area contributed by atoms with Crippen molar-refractivity contribution in [2.24, 2.45) is 0 Å². The number of aliphatic hydroxyl groups excluding tert-OH is 4. The molecule has 2 aliphatic rings. The molecule has 0 bridgehead atoms. The topological polar surface area (TPSA) is 129 Å². The second-order valence-electron chi connectivity index (χ2n) is 7.32. The van der Waals surface area contributed by atoms with Gasteiger partial charge in [0.1, 0.15) is 41.7 Å². The first-order valence-electron chi connectivity index (χ1n) is 9.43. The van der Waals surface area contributed by atoms with E-state index in [0.717, 1.165) is 35.1 Å². The molecule has 8 heteroatoms. The van der Waals surface area contributed by atoms with Crippen LogP contribution in [0.1, 0.15) is 11.1 Å². The molecule has 0 spiro atoms. The van der Waals surface area contributed by atoms with E-state index < -0.39 is 37.3 Å². The van der Waals surface area contributed by atoms with Gasteiger partial charge in [-0.1, -0.05) is 6.07 Å². The van der Waals surface area contributed by atoms with Crippen molar-refractivity contribution in [2.45, 2.75) is 43.5 Å². The van der Waals surface area contributed by atoms with Crippen LogP contribution >= 0.6 is 0 Å². The van der Waals surface area contributed by atoms with Gasteiger partial charge in [0.15, 0.2) is 0 Å². The predicted molar refractivity (Wildman–Crippen MR) is 102 cm³/mol. The maximum Gasteiger partial charge on any atom is 0.229 e. The highest BCUT2D eigenvalue weighted by Gasteiger charge is 2.44. The van der Waals surface area contributed by atoms with Crippen LogP contribution in [0.25, 0.3) is 11.1 Å². The zero-order valence-corrected chi connectivity index (χ0v) is 15.9. The van der Waals surface area contributed by atoms with Gasteiger partial charge < -0.3 is 39.7 Å². The van der Waals surface area contributed by atoms with E-state index in [-0.39, 0.29) is 5.75 Å². The van der Waals surface area contributed by atoms with Gasteiger partial charge in [0.05, 0.1) is 13.7 Å². The Morgan fingerprint density at radius 3 is 2.48 bits per heavy atom. The summed E-state index contributed by atoms with van der Waals surface area (Å²) in [6.45, 7) is -0.515. The third kappa shape index (κ3) is 3.54. The number of hydrogen-bond acceptors (Lipinski definition) is 8. The number of phenolic OH excluding ortho intramolecular Hbond substituents is 1. The molecular weight excluding hydrogens is 380 g/mol. The number of hydrogen-bond donors (Lipinski definition) is 5. The second-order valence-corrected chi connectivity index (χ2v) is 7.32. The normalized spacial score (nSPS) is 28.4. The Morgan fingerprint density at radius 2 is 1.76 bits per heavy atom. The molecule has 5 N–H and O–H groups in total. The molecule has 0 saturated carbocycles. The smallest absolute Gasteiger partial charge is 0.229 e. The van der Waals surface area contributed by atoms with E-state index in [2.05, 4.69) is 0 Å². The first-order valence-corrected chi connectivity index (χ1v) is 9.43. The summed E-state index contributed by atoms with van der Waals surface area (Å²) in [6.07, 6.45) is -5.21. The van der Waals surface area contributed by atoms with Crippen LogP contribution in [0.3, 0.4) is 0 Å². The fourth-order valence-corrected chi connectivity index (χ4v) is 3.98. The third-order valence-corrected chi connectivity index (χ3v) is 5.50. The molecule has 1 heterocycles. The summed E-state index contributed by atoms with van der Waals surface area (Å²) in [6, 6.07) is 8.71. The van der Waals surface area contributed by atoms with Crippen molar-refractivity contribution in [3.63, 3.8) is 0 Å². The number of aryl methyl sites for hydroxylation is 2. The van der Waals surface area contributed by atoms with Crippen LogP contribution in [0.15, 0.2) is 30.3 Å². The number of rotatable bonds is 4. The summed E-state index contributed by atoms with van der Waals surface area (Å²) >= 11 is 0. The summed E-state index contributed by atoms with van der Waals surface area (Å²) in [5.41, 5.74) is 3.88. The van der Waals surface area contributed by atoms with Crippen molar-refractivity contribution < 1.29 is 39.7 Å².